The lowest BCUT2D eigenvalue weighted by atomic mass is 9.95. The molecule has 4 aromatic carbocycles. The Kier molecular flexibility index (Phi) is 11.8. The quantitative estimate of drug-likeness (QED) is 0.0701. The Balaban J connectivity index is 1.24. The van der Waals surface area contributed by atoms with Crippen molar-refractivity contribution in [3.63, 3.8) is 0 Å². The van der Waals surface area contributed by atoms with E-state index in [4.69, 9.17) is 4.74 Å². The smallest absolute Gasteiger partial charge is 0.341 e. The highest BCUT2D eigenvalue weighted by molar-refractivity contribution is 9.10. The number of rotatable bonds is 11. The molecular weight excluding hydrogens is 746 g/mol. The monoisotopic (exact) mass is 779 g/mol. The number of aryl methyl sites for hydroxylation is 1. The molecule has 1 aliphatic rings. The van der Waals surface area contributed by atoms with Gasteiger partial charge < -0.3 is 20.7 Å². The Hall–Kier alpha value is -4.97. The van der Waals surface area contributed by atoms with E-state index in [0.29, 0.717) is 21.8 Å². The summed E-state index contributed by atoms with van der Waals surface area (Å²) >= 11 is 6.19. The number of esters is 1. The second-order valence-corrected chi connectivity index (χ2v) is 14.9. The topological polar surface area (TPSA) is 114 Å². The molecule has 1 aromatic heterocycles. The van der Waals surface area contributed by atoms with Crippen molar-refractivity contribution in [1.82, 2.24) is 5.32 Å². The van der Waals surface area contributed by atoms with Crippen molar-refractivity contribution in [3.05, 3.63) is 152 Å². The molecule has 1 heterocycles. The molecule has 0 aliphatic heterocycles. The Morgan fingerprint density at radius 2 is 1.55 bits per heavy atom. The number of halogens is 1. The van der Waals surface area contributed by atoms with Crippen LogP contribution in [0.3, 0.4) is 0 Å². The van der Waals surface area contributed by atoms with E-state index in [1.165, 1.54) is 30.2 Å². The molecule has 3 N–H and O–H groups in total. The maximum absolute atomic E-state index is 14.1. The lowest BCUT2D eigenvalue weighted by Crippen LogP contribution is -2.30. The van der Waals surface area contributed by atoms with Gasteiger partial charge in [-0.25, -0.2) is 4.79 Å². The number of methoxy groups -OCH3 is 1. The van der Waals surface area contributed by atoms with Gasteiger partial charge in [-0.1, -0.05) is 82.7 Å². The summed E-state index contributed by atoms with van der Waals surface area (Å²) in [6.45, 7) is 0. The highest BCUT2D eigenvalue weighted by Gasteiger charge is 2.30. The van der Waals surface area contributed by atoms with Gasteiger partial charge in [0.25, 0.3) is 11.8 Å². The lowest BCUT2D eigenvalue weighted by Gasteiger charge is -2.18. The minimum absolute atomic E-state index is 0.0610. The Labute approximate surface area is 312 Å². The van der Waals surface area contributed by atoms with Crippen molar-refractivity contribution in [1.29, 1.82) is 0 Å². The number of benzene rings is 4. The zero-order chi connectivity index (χ0) is 35.7. The van der Waals surface area contributed by atoms with Crippen LogP contribution >= 0.6 is 39.0 Å². The van der Waals surface area contributed by atoms with Gasteiger partial charge in [-0.2, -0.15) is 0 Å². The molecule has 3 amide bonds. The average molecular weight is 781 g/mol. The summed E-state index contributed by atoms with van der Waals surface area (Å²) in [7, 11) is 1.35. The van der Waals surface area contributed by atoms with E-state index in [0.717, 1.165) is 56.6 Å². The first-order valence-electron chi connectivity index (χ1n) is 16.3. The summed E-state index contributed by atoms with van der Waals surface area (Å²) in [4.78, 5) is 55.5. The van der Waals surface area contributed by atoms with Crippen molar-refractivity contribution in [2.75, 3.05) is 17.7 Å². The van der Waals surface area contributed by atoms with Gasteiger partial charge in [-0.05, 0) is 90.9 Å². The van der Waals surface area contributed by atoms with Crippen LogP contribution in [0.1, 0.15) is 60.4 Å². The number of amides is 3. The van der Waals surface area contributed by atoms with E-state index in [2.05, 4.69) is 31.9 Å². The Morgan fingerprint density at radius 3 is 2.27 bits per heavy atom. The number of thioether (sulfide) groups is 1. The molecule has 0 radical (unpaired) electrons. The summed E-state index contributed by atoms with van der Waals surface area (Å²) < 4.78 is 6.00. The largest absolute Gasteiger partial charge is 0.465 e. The molecule has 5 aromatic rings. The van der Waals surface area contributed by atoms with Crippen LogP contribution in [0.2, 0.25) is 0 Å². The number of anilines is 2. The van der Waals surface area contributed by atoms with Crippen LogP contribution in [-0.4, -0.2) is 30.8 Å². The predicted molar refractivity (Wildman–Crippen MR) is 207 cm³/mol. The van der Waals surface area contributed by atoms with Gasteiger partial charge in [-0.15, -0.1) is 23.1 Å². The SMILES string of the molecule is COC(=O)c1c(NC(=O)C(Sc2cccc(NC(=O)/C(=C/c3ccc(Br)cc3)NC(=O)c3ccccc3)c2)c2ccccc2)sc2c1CCCC2. The van der Waals surface area contributed by atoms with Crippen molar-refractivity contribution in [2.45, 2.75) is 35.8 Å². The van der Waals surface area contributed by atoms with E-state index in [1.807, 2.05) is 66.7 Å². The van der Waals surface area contributed by atoms with Crippen LogP contribution in [0, 0.1) is 0 Å². The van der Waals surface area contributed by atoms with Gasteiger partial charge in [0.2, 0.25) is 5.91 Å². The second kappa shape index (κ2) is 16.8. The zero-order valence-electron chi connectivity index (χ0n) is 27.6. The van der Waals surface area contributed by atoms with E-state index < -0.39 is 23.0 Å². The van der Waals surface area contributed by atoms with Crippen LogP contribution in [0.25, 0.3) is 6.08 Å². The van der Waals surface area contributed by atoms with Gasteiger partial charge in [0.1, 0.15) is 15.9 Å². The Morgan fingerprint density at radius 1 is 0.843 bits per heavy atom. The third-order valence-corrected chi connectivity index (χ3v) is 11.2. The summed E-state index contributed by atoms with van der Waals surface area (Å²) in [5.74, 6) is -1.67. The van der Waals surface area contributed by atoms with E-state index in [-0.39, 0.29) is 11.6 Å². The number of hydrogen-bond donors (Lipinski definition) is 3. The normalized spacial score (nSPS) is 13.0. The molecule has 11 heteroatoms. The fraction of sp³-hybridized carbons (Fsp3) is 0.150. The highest BCUT2D eigenvalue weighted by atomic mass is 79.9. The van der Waals surface area contributed by atoms with Gasteiger partial charge in [0.15, 0.2) is 0 Å². The molecule has 0 bridgehead atoms. The van der Waals surface area contributed by atoms with Gasteiger partial charge in [-0.3, -0.25) is 14.4 Å². The fourth-order valence-corrected chi connectivity index (χ4v) is 8.33. The third kappa shape index (κ3) is 9.04. The second-order valence-electron chi connectivity index (χ2n) is 11.7. The first-order valence-corrected chi connectivity index (χ1v) is 18.8. The standard InChI is InChI=1S/C40H34BrN3O5S2/c1-49-40(48)34-31-17-8-9-18-33(31)51-39(34)44-38(47)35(26-11-4-2-5-12-26)50-30-16-10-15-29(24-30)42-37(46)32(23-25-19-21-28(41)22-20-25)43-36(45)27-13-6-3-7-14-27/h2-7,10-16,19-24,35H,8-9,17-18H2,1H3,(H,42,46)(H,43,45)(H,44,47)/b32-23-. The summed E-state index contributed by atoms with van der Waals surface area (Å²) in [5.41, 5.74) is 3.86. The van der Waals surface area contributed by atoms with Gasteiger partial charge in [0, 0.05) is 25.5 Å². The average Bonchev–Trinajstić information content (AvgIpc) is 3.52. The number of thiophene rings is 1. The molecule has 258 valence electrons. The molecular formula is C40H34BrN3O5S2. The molecule has 0 saturated heterocycles. The van der Waals surface area contributed by atoms with Crippen molar-refractivity contribution < 1.29 is 23.9 Å². The van der Waals surface area contributed by atoms with Crippen LogP contribution in [0.4, 0.5) is 10.7 Å². The van der Waals surface area contributed by atoms with Gasteiger partial charge >= 0.3 is 5.97 Å². The molecule has 1 aliphatic carbocycles. The van der Waals surface area contributed by atoms with Crippen LogP contribution in [0.5, 0.6) is 0 Å². The first-order chi connectivity index (χ1) is 24.8. The molecule has 8 nitrogen and oxygen atoms in total. The van der Waals surface area contributed by atoms with E-state index in [1.54, 1.807) is 48.5 Å². The van der Waals surface area contributed by atoms with E-state index in [9.17, 15) is 19.2 Å². The van der Waals surface area contributed by atoms with Crippen molar-refractivity contribution in [3.8, 4) is 0 Å². The number of carbonyl (C=O) groups is 4. The lowest BCUT2D eigenvalue weighted by molar-refractivity contribution is -0.116. The zero-order valence-corrected chi connectivity index (χ0v) is 30.8. The molecule has 51 heavy (non-hydrogen) atoms. The molecule has 1 unspecified atom stereocenters. The fourth-order valence-electron chi connectivity index (χ4n) is 5.70. The maximum Gasteiger partial charge on any atom is 0.341 e. The minimum atomic E-state index is -0.681. The molecule has 1 atom stereocenters. The summed E-state index contributed by atoms with van der Waals surface area (Å²) in [5, 5.41) is 8.56. The molecule has 0 spiro atoms. The van der Waals surface area contributed by atoms with Gasteiger partial charge in [0.05, 0.1) is 12.7 Å². The maximum atomic E-state index is 14.1. The van der Waals surface area contributed by atoms with Crippen molar-refractivity contribution in [2.24, 2.45) is 0 Å². The third-order valence-electron chi connectivity index (χ3n) is 8.19. The number of fused-ring (bicyclic) bond motifs is 1. The predicted octanol–water partition coefficient (Wildman–Crippen LogP) is 9.06. The number of ether oxygens (including phenoxy) is 1. The highest BCUT2D eigenvalue weighted by Crippen LogP contribution is 2.41. The molecule has 0 fully saturated rings. The van der Waals surface area contributed by atoms with Crippen LogP contribution in [-0.2, 0) is 27.2 Å². The van der Waals surface area contributed by atoms with Crippen LogP contribution in [0.15, 0.2) is 124 Å². The molecule has 0 saturated carbocycles. The minimum Gasteiger partial charge on any atom is -0.465 e. The Bertz CT molecular complexity index is 2080. The van der Waals surface area contributed by atoms with Crippen LogP contribution < -0.4 is 16.0 Å². The number of nitrogens with one attached hydrogen (secondary N) is 3. The number of hydrogen-bond acceptors (Lipinski definition) is 7. The first kappa shape index (κ1) is 35.8. The summed E-state index contributed by atoms with van der Waals surface area (Å²) in [6.07, 6.45) is 5.28. The number of carbonyl (C=O) groups excluding carboxylic acids is 4. The molecule has 6 rings (SSSR count). The van der Waals surface area contributed by atoms with Crippen molar-refractivity contribution >= 4 is 79.5 Å². The van der Waals surface area contributed by atoms with E-state index >= 15 is 0 Å². The summed E-state index contributed by atoms with van der Waals surface area (Å²) in [6, 6.07) is 32.6.